The number of amides is 1. The van der Waals surface area contributed by atoms with Gasteiger partial charge in [0.15, 0.2) is 0 Å². The number of pyridine rings is 1. The van der Waals surface area contributed by atoms with Gasteiger partial charge in [0, 0.05) is 37.6 Å². The monoisotopic (exact) mass is 373 g/mol. The van der Waals surface area contributed by atoms with Gasteiger partial charge < -0.3 is 5.32 Å². The maximum Gasteiger partial charge on any atom is 0.251 e. The molecule has 6 nitrogen and oxygen atoms in total. The Hall–Kier alpha value is -2.25. The number of nitrogens with one attached hydrogen (secondary N) is 1. The number of sulfonamides is 1. The van der Waals surface area contributed by atoms with E-state index in [9.17, 15) is 13.2 Å². The lowest BCUT2D eigenvalue weighted by Gasteiger charge is -2.31. The van der Waals surface area contributed by atoms with Gasteiger partial charge in [-0.2, -0.15) is 4.31 Å². The highest BCUT2D eigenvalue weighted by Gasteiger charge is 2.29. The van der Waals surface area contributed by atoms with Gasteiger partial charge in [-0.25, -0.2) is 8.42 Å². The van der Waals surface area contributed by atoms with Gasteiger partial charge in [0.1, 0.15) is 4.90 Å². The number of carbonyl (C=O) groups is 1. The van der Waals surface area contributed by atoms with Gasteiger partial charge >= 0.3 is 0 Å². The van der Waals surface area contributed by atoms with Crippen molar-refractivity contribution in [2.24, 2.45) is 5.92 Å². The predicted molar refractivity (Wildman–Crippen MR) is 99.2 cm³/mol. The van der Waals surface area contributed by atoms with E-state index in [-0.39, 0.29) is 16.7 Å². The van der Waals surface area contributed by atoms with Crippen molar-refractivity contribution in [3.8, 4) is 0 Å². The van der Waals surface area contributed by atoms with Gasteiger partial charge in [0.2, 0.25) is 10.0 Å². The molecule has 1 aliphatic heterocycles. The minimum absolute atomic E-state index is 0.0876. The molecule has 1 aliphatic rings. The maximum atomic E-state index is 12.6. The summed E-state index contributed by atoms with van der Waals surface area (Å²) in [5.41, 5.74) is 1.76. The molecule has 0 unspecified atom stereocenters. The molecule has 7 heteroatoms. The number of aryl methyl sites for hydroxylation is 1. The topological polar surface area (TPSA) is 79.4 Å². The van der Waals surface area contributed by atoms with E-state index in [1.165, 1.54) is 10.5 Å². The number of piperidine rings is 1. The molecule has 0 aliphatic carbocycles. The molecule has 1 N–H and O–H groups in total. The fraction of sp³-hybridized carbons (Fsp3) is 0.368. The third-order valence-electron chi connectivity index (χ3n) is 4.71. The lowest BCUT2D eigenvalue weighted by Crippen LogP contribution is -2.41. The summed E-state index contributed by atoms with van der Waals surface area (Å²) in [5.74, 6) is 0.195. The van der Waals surface area contributed by atoms with Crippen LogP contribution in [0.3, 0.4) is 0 Å². The Labute approximate surface area is 154 Å². The minimum Gasteiger partial charge on any atom is -0.352 e. The van der Waals surface area contributed by atoms with E-state index in [1.807, 2.05) is 31.2 Å². The molecule has 2 aromatic rings. The minimum atomic E-state index is -3.48. The first kappa shape index (κ1) is 18.5. The van der Waals surface area contributed by atoms with Crippen LogP contribution < -0.4 is 5.32 Å². The highest BCUT2D eigenvalue weighted by atomic mass is 32.2. The molecule has 1 aromatic heterocycles. The van der Waals surface area contributed by atoms with E-state index in [0.29, 0.717) is 25.2 Å². The molecule has 0 bridgehead atoms. The molecule has 26 heavy (non-hydrogen) atoms. The van der Waals surface area contributed by atoms with Crippen molar-refractivity contribution in [3.05, 3.63) is 59.9 Å². The Morgan fingerprint density at radius 3 is 2.50 bits per heavy atom. The van der Waals surface area contributed by atoms with Crippen LogP contribution in [0.5, 0.6) is 0 Å². The molecule has 0 spiro atoms. The van der Waals surface area contributed by atoms with Crippen molar-refractivity contribution in [3.63, 3.8) is 0 Å². The molecule has 1 aromatic carbocycles. The van der Waals surface area contributed by atoms with Gasteiger partial charge in [-0.1, -0.05) is 17.7 Å². The predicted octanol–water partition coefficient (Wildman–Crippen LogP) is 2.22. The number of hydrogen-bond donors (Lipinski definition) is 1. The second-order valence-electron chi connectivity index (χ2n) is 6.61. The summed E-state index contributed by atoms with van der Waals surface area (Å²) < 4.78 is 26.7. The summed E-state index contributed by atoms with van der Waals surface area (Å²) in [5, 5.41) is 2.96. The van der Waals surface area contributed by atoms with E-state index in [1.54, 1.807) is 18.3 Å². The van der Waals surface area contributed by atoms with Crippen LogP contribution in [0.25, 0.3) is 0 Å². The first-order valence-corrected chi connectivity index (χ1v) is 10.2. The summed E-state index contributed by atoms with van der Waals surface area (Å²) >= 11 is 0. The number of carbonyl (C=O) groups excluding carboxylic acids is 1. The van der Waals surface area contributed by atoms with Gasteiger partial charge in [-0.15, -0.1) is 0 Å². The van der Waals surface area contributed by atoms with Gasteiger partial charge in [-0.05, 0) is 49.9 Å². The zero-order valence-corrected chi connectivity index (χ0v) is 15.6. The van der Waals surface area contributed by atoms with Crippen molar-refractivity contribution in [1.29, 1.82) is 0 Å². The number of hydrogen-bond acceptors (Lipinski definition) is 4. The van der Waals surface area contributed by atoms with E-state index in [4.69, 9.17) is 0 Å². The normalized spacial score (nSPS) is 16.3. The first-order chi connectivity index (χ1) is 12.5. The Kier molecular flexibility index (Phi) is 5.68. The zero-order chi connectivity index (χ0) is 18.6. The van der Waals surface area contributed by atoms with Crippen molar-refractivity contribution >= 4 is 15.9 Å². The van der Waals surface area contributed by atoms with Crippen LogP contribution in [-0.2, 0) is 10.0 Å². The van der Waals surface area contributed by atoms with Crippen molar-refractivity contribution in [2.75, 3.05) is 19.6 Å². The number of rotatable bonds is 5. The summed E-state index contributed by atoms with van der Waals surface area (Å²) in [6.45, 7) is 3.47. The molecule has 2 heterocycles. The van der Waals surface area contributed by atoms with Crippen LogP contribution in [0.4, 0.5) is 0 Å². The van der Waals surface area contributed by atoms with Crippen LogP contribution in [0.15, 0.2) is 53.7 Å². The second-order valence-corrected chi connectivity index (χ2v) is 8.55. The zero-order valence-electron chi connectivity index (χ0n) is 14.8. The van der Waals surface area contributed by atoms with Crippen LogP contribution in [0.2, 0.25) is 0 Å². The van der Waals surface area contributed by atoms with E-state index >= 15 is 0 Å². The molecule has 1 amide bonds. The smallest absolute Gasteiger partial charge is 0.251 e. The van der Waals surface area contributed by atoms with Crippen LogP contribution >= 0.6 is 0 Å². The second kappa shape index (κ2) is 7.97. The van der Waals surface area contributed by atoms with Gasteiger partial charge in [0.25, 0.3) is 5.91 Å². The summed E-state index contributed by atoms with van der Waals surface area (Å²) in [6, 6.07) is 10.6. The largest absolute Gasteiger partial charge is 0.352 e. The average molecular weight is 373 g/mol. The third kappa shape index (κ3) is 4.28. The Morgan fingerprint density at radius 2 is 1.88 bits per heavy atom. The third-order valence-corrected chi connectivity index (χ3v) is 6.59. The molecule has 1 saturated heterocycles. The SMILES string of the molecule is Cc1ccc(C(=O)NCC2CCN(S(=O)(=O)c3cccnc3)CC2)cc1. The Bertz CT molecular complexity index is 843. The lowest BCUT2D eigenvalue weighted by atomic mass is 9.98. The highest BCUT2D eigenvalue weighted by molar-refractivity contribution is 7.89. The maximum absolute atomic E-state index is 12.6. The molecule has 1 fully saturated rings. The highest BCUT2D eigenvalue weighted by Crippen LogP contribution is 2.23. The summed E-state index contributed by atoms with van der Waals surface area (Å²) in [7, 11) is -3.48. The standard InChI is InChI=1S/C19H23N3O3S/c1-15-4-6-17(7-5-15)19(23)21-13-16-8-11-22(12-9-16)26(24,25)18-3-2-10-20-14-18/h2-7,10,14,16H,8-9,11-13H2,1H3,(H,21,23). The van der Waals surface area contributed by atoms with E-state index < -0.39 is 10.0 Å². The molecular formula is C19H23N3O3S. The number of nitrogens with zero attached hydrogens (tertiary/aromatic N) is 2. The van der Waals surface area contributed by atoms with E-state index in [0.717, 1.165) is 18.4 Å². The first-order valence-electron chi connectivity index (χ1n) is 8.72. The van der Waals surface area contributed by atoms with Crippen molar-refractivity contribution in [2.45, 2.75) is 24.7 Å². The van der Waals surface area contributed by atoms with Crippen LogP contribution in [-0.4, -0.2) is 43.2 Å². The van der Waals surface area contributed by atoms with Crippen molar-refractivity contribution in [1.82, 2.24) is 14.6 Å². The number of benzene rings is 1. The Balaban J connectivity index is 1.51. The van der Waals surface area contributed by atoms with Crippen molar-refractivity contribution < 1.29 is 13.2 Å². The molecule has 138 valence electrons. The molecular weight excluding hydrogens is 350 g/mol. The molecule has 0 saturated carbocycles. The fourth-order valence-electron chi connectivity index (χ4n) is 3.05. The van der Waals surface area contributed by atoms with Crippen LogP contribution in [0.1, 0.15) is 28.8 Å². The molecule has 0 radical (unpaired) electrons. The van der Waals surface area contributed by atoms with Crippen LogP contribution in [0, 0.1) is 12.8 Å². The summed E-state index contributed by atoms with van der Waals surface area (Å²) in [4.78, 5) is 16.3. The number of aromatic nitrogens is 1. The molecule has 3 rings (SSSR count). The fourth-order valence-corrected chi connectivity index (χ4v) is 4.48. The molecule has 0 atom stereocenters. The lowest BCUT2D eigenvalue weighted by molar-refractivity contribution is 0.0941. The average Bonchev–Trinajstić information content (AvgIpc) is 2.67. The Morgan fingerprint density at radius 1 is 1.19 bits per heavy atom. The quantitative estimate of drug-likeness (QED) is 0.872. The van der Waals surface area contributed by atoms with E-state index in [2.05, 4.69) is 10.3 Å². The van der Waals surface area contributed by atoms with Gasteiger partial charge in [-0.3, -0.25) is 9.78 Å². The van der Waals surface area contributed by atoms with Gasteiger partial charge in [0.05, 0.1) is 0 Å². The summed E-state index contributed by atoms with van der Waals surface area (Å²) in [6.07, 6.45) is 4.40.